The van der Waals surface area contributed by atoms with Gasteiger partial charge in [-0.25, -0.2) is 0 Å². The molecule has 17 heavy (non-hydrogen) atoms. The number of rotatable bonds is 4. The van der Waals surface area contributed by atoms with Crippen LogP contribution in [0.25, 0.3) is 0 Å². The average molecular weight is 237 g/mol. The number of nitrogens with one attached hydrogen (secondary N) is 1. The molecule has 2 atom stereocenters. The van der Waals surface area contributed by atoms with Crippen LogP contribution in [0.3, 0.4) is 0 Å². The summed E-state index contributed by atoms with van der Waals surface area (Å²) in [5, 5.41) is 3.82. The van der Waals surface area contributed by atoms with Crippen molar-refractivity contribution in [2.75, 3.05) is 39.3 Å². The normalized spacial score (nSPS) is 35.3. The quantitative estimate of drug-likeness (QED) is 0.795. The van der Waals surface area contributed by atoms with Crippen LogP contribution in [-0.4, -0.2) is 61.2 Å². The zero-order chi connectivity index (χ0) is 11.5. The number of likely N-dealkylation sites (tertiary alicyclic amines) is 1. The van der Waals surface area contributed by atoms with E-state index in [1.54, 1.807) is 0 Å². The molecule has 3 heteroatoms. The Morgan fingerprint density at radius 1 is 0.882 bits per heavy atom. The van der Waals surface area contributed by atoms with Crippen molar-refractivity contribution >= 4 is 0 Å². The Kier molecular flexibility index (Phi) is 3.99. The Hall–Kier alpha value is -0.120. The molecule has 0 saturated carbocycles. The summed E-state index contributed by atoms with van der Waals surface area (Å²) in [5.74, 6) is 0. The van der Waals surface area contributed by atoms with E-state index < -0.39 is 0 Å². The summed E-state index contributed by atoms with van der Waals surface area (Å²) in [5.41, 5.74) is 0. The zero-order valence-corrected chi connectivity index (χ0v) is 11.0. The van der Waals surface area contributed by atoms with Crippen molar-refractivity contribution in [2.24, 2.45) is 0 Å². The van der Waals surface area contributed by atoms with Gasteiger partial charge in [-0.2, -0.15) is 0 Å². The van der Waals surface area contributed by atoms with Gasteiger partial charge in [-0.15, -0.1) is 0 Å². The van der Waals surface area contributed by atoms with E-state index in [9.17, 15) is 0 Å². The lowest BCUT2D eigenvalue weighted by atomic mass is 9.99. The topological polar surface area (TPSA) is 18.5 Å². The van der Waals surface area contributed by atoms with Gasteiger partial charge in [-0.1, -0.05) is 6.42 Å². The molecule has 98 valence electrons. The molecule has 0 aromatic rings. The van der Waals surface area contributed by atoms with Crippen molar-refractivity contribution < 1.29 is 0 Å². The molecular weight excluding hydrogens is 210 g/mol. The summed E-state index contributed by atoms with van der Waals surface area (Å²) >= 11 is 0. The second-order valence-electron chi connectivity index (χ2n) is 6.00. The van der Waals surface area contributed by atoms with Crippen LogP contribution in [0.2, 0.25) is 0 Å². The molecule has 2 unspecified atom stereocenters. The molecule has 0 bridgehead atoms. The Labute approximate surface area is 106 Å². The first-order valence-electron chi connectivity index (χ1n) is 7.63. The first-order valence-corrected chi connectivity index (χ1v) is 7.63. The molecule has 0 radical (unpaired) electrons. The van der Waals surface area contributed by atoms with Gasteiger partial charge in [0.05, 0.1) is 0 Å². The van der Waals surface area contributed by atoms with E-state index in [0.29, 0.717) is 0 Å². The maximum atomic E-state index is 3.82. The summed E-state index contributed by atoms with van der Waals surface area (Å²) in [6, 6.07) is 1.65. The fourth-order valence-electron chi connectivity index (χ4n) is 3.90. The van der Waals surface area contributed by atoms with Crippen molar-refractivity contribution in [3.05, 3.63) is 0 Å². The smallest absolute Gasteiger partial charge is 0.0249 e. The molecule has 3 aliphatic heterocycles. The van der Waals surface area contributed by atoms with E-state index in [0.717, 1.165) is 12.1 Å². The van der Waals surface area contributed by atoms with Gasteiger partial charge in [0.25, 0.3) is 0 Å². The maximum Gasteiger partial charge on any atom is 0.0249 e. The van der Waals surface area contributed by atoms with Crippen LogP contribution < -0.4 is 5.32 Å². The average Bonchev–Trinajstić information content (AvgIpc) is 2.99. The Bertz CT molecular complexity index is 238. The van der Waals surface area contributed by atoms with Gasteiger partial charge in [0.2, 0.25) is 0 Å². The van der Waals surface area contributed by atoms with E-state index in [2.05, 4.69) is 15.1 Å². The van der Waals surface area contributed by atoms with Crippen LogP contribution in [0, 0.1) is 0 Å². The highest BCUT2D eigenvalue weighted by Crippen LogP contribution is 2.26. The Morgan fingerprint density at radius 2 is 1.71 bits per heavy atom. The highest BCUT2D eigenvalue weighted by atomic mass is 15.2. The van der Waals surface area contributed by atoms with E-state index in [4.69, 9.17) is 0 Å². The Balaban J connectivity index is 1.39. The van der Waals surface area contributed by atoms with Gasteiger partial charge >= 0.3 is 0 Å². The van der Waals surface area contributed by atoms with Gasteiger partial charge in [-0.3, -0.25) is 4.90 Å². The number of piperidine rings is 1. The summed E-state index contributed by atoms with van der Waals surface area (Å²) in [6.45, 7) is 7.84. The maximum absolute atomic E-state index is 3.82. The van der Waals surface area contributed by atoms with Gasteiger partial charge in [0.1, 0.15) is 0 Å². The SMILES string of the molecule is C1CCN2CCC(NCCN3CCCC3)C2C1. The molecule has 0 spiro atoms. The predicted octanol–water partition coefficient (Wildman–Crippen LogP) is 1.30. The fourth-order valence-corrected chi connectivity index (χ4v) is 3.90. The third kappa shape index (κ3) is 2.83. The first-order chi connectivity index (χ1) is 8.43. The molecule has 0 amide bonds. The number of hydrogen-bond donors (Lipinski definition) is 1. The minimum absolute atomic E-state index is 0.790. The van der Waals surface area contributed by atoms with Crippen molar-refractivity contribution in [1.29, 1.82) is 0 Å². The van der Waals surface area contributed by atoms with Crippen LogP contribution in [0.5, 0.6) is 0 Å². The highest BCUT2D eigenvalue weighted by molar-refractivity contribution is 4.93. The predicted molar refractivity (Wildman–Crippen MR) is 71.3 cm³/mol. The van der Waals surface area contributed by atoms with Crippen molar-refractivity contribution in [3.63, 3.8) is 0 Å². The molecule has 0 aromatic heterocycles. The van der Waals surface area contributed by atoms with Crippen LogP contribution in [-0.2, 0) is 0 Å². The molecule has 3 saturated heterocycles. The molecule has 3 heterocycles. The van der Waals surface area contributed by atoms with Crippen LogP contribution in [0.15, 0.2) is 0 Å². The summed E-state index contributed by atoms with van der Waals surface area (Å²) in [6.07, 6.45) is 8.52. The van der Waals surface area contributed by atoms with Gasteiger partial charge < -0.3 is 10.2 Å². The van der Waals surface area contributed by atoms with Gasteiger partial charge in [0, 0.05) is 31.7 Å². The lowest BCUT2D eigenvalue weighted by Gasteiger charge is -2.33. The lowest BCUT2D eigenvalue weighted by Crippen LogP contribution is -2.46. The first kappa shape index (κ1) is 11.9. The van der Waals surface area contributed by atoms with Crippen molar-refractivity contribution in [2.45, 2.75) is 50.6 Å². The highest BCUT2D eigenvalue weighted by Gasteiger charge is 2.34. The van der Waals surface area contributed by atoms with Gasteiger partial charge in [-0.05, 0) is 51.7 Å². The summed E-state index contributed by atoms with van der Waals surface area (Å²) < 4.78 is 0. The standard InChI is InChI=1S/C14H27N3/c1-2-10-17-11-6-13(14(17)5-1)15-7-12-16-8-3-4-9-16/h13-15H,1-12H2. The molecule has 1 N–H and O–H groups in total. The third-order valence-corrected chi connectivity index (χ3v) is 4.89. The molecule has 0 aromatic carbocycles. The van der Waals surface area contributed by atoms with E-state index in [-0.39, 0.29) is 0 Å². The second kappa shape index (κ2) is 5.68. The van der Waals surface area contributed by atoms with E-state index in [1.165, 1.54) is 77.8 Å². The molecular formula is C14H27N3. The summed E-state index contributed by atoms with van der Waals surface area (Å²) in [4.78, 5) is 5.33. The zero-order valence-electron chi connectivity index (χ0n) is 11.0. The van der Waals surface area contributed by atoms with Crippen LogP contribution in [0.4, 0.5) is 0 Å². The minimum atomic E-state index is 0.790. The minimum Gasteiger partial charge on any atom is -0.311 e. The second-order valence-corrected chi connectivity index (χ2v) is 6.00. The fraction of sp³-hybridized carbons (Fsp3) is 1.00. The molecule has 3 rings (SSSR count). The molecule has 3 nitrogen and oxygen atoms in total. The third-order valence-electron chi connectivity index (χ3n) is 4.89. The monoisotopic (exact) mass is 237 g/mol. The van der Waals surface area contributed by atoms with Crippen molar-refractivity contribution in [3.8, 4) is 0 Å². The molecule has 0 aliphatic carbocycles. The van der Waals surface area contributed by atoms with Gasteiger partial charge in [0.15, 0.2) is 0 Å². The van der Waals surface area contributed by atoms with Crippen LogP contribution in [0.1, 0.15) is 38.5 Å². The number of hydrogen-bond acceptors (Lipinski definition) is 3. The van der Waals surface area contributed by atoms with E-state index in [1.807, 2.05) is 0 Å². The Morgan fingerprint density at radius 3 is 2.59 bits per heavy atom. The summed E-state index contributed by atoms with van der Waals surface area (Å²) in [7, 11) is 0. The molecule has 3 aliphatic rings. The number of nitrogens with zero attached hydrogens (tertiary/aromatic N) is 2. The lowest BCUT2D eigenvalue weighted by molar-refractivity contribution is 0.179. The van der Waals surface area contributed by atoms with E-state index >= 15 is 0 Å². The van der Waals surface area contributed by atoms with Crippen molar-refractivity contribution in [1.82, 2.24) is 15.1 Å². The molecule has 3 fully saturated rings. The number of fused-ring (bicyclic) bond motifs is 1. The van der Waals surface area contributed by atoms with Crippen LogP contribution >= 0.6 is 0 Å². The largest absolute Gasteiger partial charge is 0.311 e.